The molecule has 0 saturated heterocycles. The molecule has 1 aliphatic heterocycles. The summed E-state index contributed by atoms with van der Waals surface area (Å²) in [5.41, 5.74) is 9.81. The molecule has 27 heavy (non-hydrogen) atoms. The lowest BCUT2D eigenvalue weighted by Crippen LogP contribution is -2.30. The minimum Gasteiger partial charge on any atom is -0.378 e. The predicted octanol–water partition coefficient (Wildman–Crippen LogP) is 6.28. The maximum absolute atomic E-state index is 3.93. The topological polar surface area (TPSA) is 15.3 Å². The molecule has 2 aromatic rings. The third-order valence-electron chi connectivity index (χ3n) is 6.52. The first-order valence-corrected chi connectivity index (χ1v) is 10.4. The van der Waals surface area contributed by atoms with Crippen molar-refractivity contribution in [1.29, 1.82) is 0 Å². The van der Waals surface area contributed by atoms with E-state index in [1.807, 2.05) is 0 Å². The zero-order chi connectivity index (χ0) is 19.1. The van der Waals surface area contributed by atoms with Crippen molar-refractivity contribution >= 4 is 11.4 Å². The van der Waals surface area contributed by atoms with E-state index in [2.05, 4.69) is 87.3 Å². The zero-order valence-corrected chi connectivity index (χ0v) is 17.3. The lowest BCUT2D eigenvalue weighted by atomic mass is 9.75. The molecule has 4 rings (SSSR count). The van der Waals surface area contributed by atoms with Crippen LogP contribution in [0.15, 0.2) is 42.5 Å². The Hall–Kier alpha value is -2.22. The van der Waals surface area contributed by atoms with Gasteiger partial charge in [0.1, 0.15) is 0 Å². The summed E-state index contributed by atoms with van der Waals surface area (Å²) in [5, 5.41) is 3.93. The highest BCUT2D eigenvalue weighted by molar-refractivity contribution is 5.66. The molecular weight excluding hydrogens is 328 g/mol. The van der Waals surface area contributed by atoms with Crippen LogP contribution < -0.4 is 10.2 Å². The molecule has 0 aromatic heterocycles. The van der Waals surface area contributed by atoms with Crippen molar-refractivity contribution in [3.05, 3.63) is 70.3 Å². The van der Waals surface area contributed by atoms with Crippen LogP contribution in [0.5, 0.6) is 0 Å². The molecule has 142 valence electrons. The fourth-order valence-electron chi connectivity index (χ4n) is 5.33. The van der Waals surface area contributed by atoms with E-state index >= 15 is 0 Å². The van der Waals surface area contributed by atoms with Gasteiger partial charge in [-0.25, -0.2) is 0 Å². The van der Waals surface area contributed by atoms with Gasteiger partial charge in [0.15, 0.2) is 0 Å². The number of benzene rings is 2. The van der Waals surface area contributed by atoms with Crippen molar-refractivity contribution in [2.45, 2.75) is 53.0 Å². The quantitative estimate of drug-likeness (QED) is 0.645. The Morgan fingerprint density at radius 2 is 1.70 bits per heavy atom. The highest BCUT2D eigenvalue weighted by Gasteiger charge is 2.39. The van der Waals surface area contributed by atoms with E-state index in [-0.39, 0.29) is 0 Å². The van der Waals surface area contributed by atoms with Crippen LogP contribution in [0.1, 0.15) is 60.0 Å². The van der Waals surface area contributed by atoms with Gasteiger partial charge in [0.2, 0.25) is 0 Å². The zero-order valence-electron chi connectivity index (χ0n) is 17.3. The Morgan fingerprint density at radius 1 is 1.00 bits per heavy atom. The second-order valence-electron chi connectivity index (χ2n) is 8.23. The summed E-state index contributed by atoms with van der Waals surface area (Å²) >= 11 is 0. The summed E-state index contributed by atoms with van der Waals surface area (Å²) in [4.78, 5) is 2.44. The Balaban J connectivity index is 1.77. The Kier molecular flexibility index (Phi) is 4.75. The number of rotatable bonds is 4. The normalized spacial score (nSPS) is 22.9. The smallest absolute Gasteiger partial charge is 0.0559 e. The van der Waals surface area contributed by atoms with Crippen molar-refractivity contribution < 1.29 is 0 Å². The van der Waals surface area contributed by atoms with E-state index in [0.717, 1.165) is 19.5 Å². The lowest BCUT2D eigenvalue weighted by molar-refractivity contribution is 0.423. The van der Waals surface area contributed by atoms with Gasteiger partial charge in [-0.2, -0.15) is 0 Å². The first-order chi connectivity index (χ1) is 13.0. The number of allylic oxidation sites excluding steroid dienone is 2. The average Bonchev–Trinajstić information content (AvgIpc) is 3.12. The summed E-state index contributed by atoms with van der Waals surface area (Å²) in [6.45, 7) is 13.3. The van der Waals surface area contributed by atoms with E-state index in [9.17, 15) is 0 Å². The van der Waals surface area contributed by atoms with E-state index < -0.39 is 0 Å². The Labute approximate surface area is 164 Å². The molecule has 1 N–H and O–H groups in total. The minimum absolute atomic E-state index is 0.386. The molecule has 3 unspecified atom stereocenters. The molecular formula is C25H32N2. The second kappa shape index (κ2) is 7.07. The Bertz CT molecular complexity index is 853. The third kappa shape index (κ3) is 3.05. The van der Waals surface area contributed by atoms with Crippen LogP contribution in [0.3, 0.4) is 0 Å². The first kappa shape index (κ1) is 18.2. The average molecular weight is 361 g/mol. The molecule has 1 aliphatic carbocycles. The van der Waals surface area contributed by atoms with E-state index in [1.54, 1.807) is 0 Å². The number of hydrogen-bond acceptors (Lipinski definition) is 2. The summed E-state index contributed by atoms with van der Waals surface area (Å²) in [6.07, 6.45) is 5.99. The molecule has 1 heterocycles. The van der Waals surface area contributed by atoms with Gasteiger partial charge in [0.05, 0.1) is 6.04 Å². The molecule has 2 aliphatic rings. The molecule has 0 amide bonds. The summed E-state index contributed by atoms with van der Waals surface area (Å²) in [6, 6.07) is 12.1. The molecule has 0 radical (unpaired) electrons. The largest absolute Gasteiger partial charge is 0.378 e. The van der Waals surface area contributed by atoms with Crippen LogP contribution in [0, 0.1) is 26.7 Å². The standard InChI is InChI=1S/C25H32N2/c1-6-27(7-2)19-11-12-23-22(15-19)20-9-8-10-21(20)25(26-23)24-17(4)13-16(3)14-18(24)5/h8-9,11-15,20-21,25-26H,6-7,10H2,1-5H3. The number of fused-ring (bicyclic) bond motifs is 3. The first-order valence-electron chi connectivity index (χ1n) is 10.4. The second-order valence-corrected chi connectivity index (χ2v) is 8.23. The molecule has 3 atom stereocenters. The van der Waals surface area contributed by atoms with Gasteiger partial charge in [0, 0.05) is 30.4 Å². The highest BCUT2D eigenvalue weighted by Crippen LogP contribution is 2.51. The lowest BCUT2D eigenvalue weighted by Gasteiger charge is -2.39. The summed E-state index contributed by atoms with van der Waals surface area (Å²) in [7, 11) is 0. The maximum atomic E-state index is 3.93. The van der Waals surface area contributed by atoms with Crippen molar-refractivity contribution in [1.82, 2.24) is 0 Å². The maximum Gasteiger partial charge on any atom is 0.0559 e. The summed E-state index contributed by atoms with van der Waals surface area (Å²) < 4.78 is 0. The fraction of sp³-hybridized carbons (Fsp3) is 0.440. The van der Waals surface area contributed by atoms with Crippen LogP contribution >= 0.6 is 0 Å². The van der Waals surface area contributed by atoms with Crippen LogP contribution in [-0.2, 0) is 0 Å². The van der Waals surface area contributed by atoms with Gasteiger partial charge in [-0.15, -0.1) is 0 Å². The molecule has 2 aromatic carbocycles. The predicted molar refractivity (Wildman–Crippen MR) is 117 cm³/mol. The minimum atomic E-state index is 0.386. The number of nitrogens with zero attached hydrogens (tertiary/aromatic N) is 1. The van der Waals surface area contributed by atoms with Gasteiger partial charge in [-0.1, -0.05) is 29.8 Å². The van der Waals surface area contributed by atoms with Gasteiger partial charge in [-0.05, 0) is 87.4 Å². The number of nitrogens with one attached hydrogen (secondary N) is 1. The number of anilines is 2. The molecule has 0 saturated carbocycles. The summed E-state index contributed by atoms with van der Waals surface area (Å²) in [5.74, 6) is 1.12. The van der Waals surface area contributed by atoms with E-state index in [1.165, 1.54) is 39.2 Å². The molecule has 0 fully saturated rings. The fourth-order valence-corrected chi connectivity index (χ4v) is 5.33. The van der Waals surface area contributed by atoms with Crippen LogP contribution in [0.25, 0.3) is 0 Å². The SMILES string of the molecule is CCN(CC)c1ccc2c(c1)C1C=CCC1C(c1c(C)cc(C)cc1C)N2. The Morgan fingerprint density at radius 3 is 2.37 bits per heavy atom. The number of aryl methyl sites for hydroxylation is 3. The highest BCUT2D eigenvalue weighted by atomic mass is 15.1. The van der Waals surface area contributed by atoms with Crippen molar-refractivity contribution in [2.24, 2.45) is 5.92 Å². The van der Waals surface area contributed by atoms with Crippen molar-refractivity contribution in [2.75, 3.05) is 23.3 Å². The molecule has 2 heteroatoms. The van der Waals surface area contributed by atoms with Gasteiger partial charge < -0.3 is 10.2 Å². The number of hydrogen-bond donors (Lipinski definition) is 1. The van der Waals surface area contributed by atoms with E-state index in [0.29, 0.717) is 17.9 Å². The third-order valence-corrected chi connectivity index (χ3v) is 6.52. The van der Waals surface area contributed by atoms with Crippen LogP contribution in [0.4, 0.5) is 11.4 Å². The van der Waals surface area contributed by atoms with Crippen molar-refractivity contribution in [3.63, 3.8) is 0 Å². The van der Waals surface area contributed by atoms with Crippen molar-refractivity contribution in [3.8, 4) is 0 Å². The monoisotopic (exact) mass is 360 g/mol. The van der Waals surface area contributed by atoms with Crippen LogP contribution in [0.2, 0.25) is 0 Å². The van der Waals surface area contributed by atoms with E-state index in [4.69, 9.17) is 0 Å². The van der Waals surface area contributed by atoms with Gasteiger partial charge >= 0.3 is 0 Å². The molecule has 0 spiro atoms. The van der Waals surface area contributed by atoms with Gasteiger partial charge in [0.25, 0.3) is 0 Å². The molecule has 2 nitrogen and oxygen atoms in total. The molecule has 0 bridgehead atoms. The van der Waals surface area contributed by atoms with Crippen LogP contribution in [-0.4, -0.2) is 13.1 Å². The van der Waals surface area contributed by atoms with Gasteiger partial charge in [-0.3, -0.25) is 0 Å².